The molecule has 0 saturated carbocycles. The van der Waals surface area contributed by atoms with E-state index in [-0.39, 0.29) is 23.0 Å². The Hall–Kier alpha value is -5.02. The zero-order chi connectivity index (χ0) is 36.5. The molecule has 0 bridgehead atoms. The molecule has 52 heavy (non-hydrogen) atoms. The van der Waals surface area contributed by atoms with Crippen LogP contribution in [0.15, 0.2) is 115 Å². The Kier molecular flexibility index (Phi) is 6.95. The van der Waals surface area contributed by atoms with Gasteiger partial charge in [-0.2, -0.15) is 0 Å². The van der Waals surface area contributed by atoms with Gasteiger partial charge in [-0.25, -0.2) is 0 Å². The van der Waals surface area contributed by atoms with Gasteiger partial charge < -0.3 is 9.80 Å². The van der Waals surface area contributed by atoms with Gasteiger partial charge in [0.1, 0.15) is 0 Å². The van der Waals surface area contributed by atoms with Crippen LogP contribution in [0.1, 0.15) is 95.7 Å². The molecule has 0 radical (unpaired) electrons. The molecule has 0 atom stereocenters. The average molecular weight is 677 g/mol. The van der Waals surface area contributed by atoms with Crippen LogP contribution in [0.2, 0.25) is 0 Å². The minimum absolute atomic E-state index is 0.0109. The Morgan fingerprint density at radius 1 is 0.481 bits per heavy atom. The highest BCUT2D eigenvalue weighted by atomic mass is 15.2. The van der Waals surface area contributed by atoms with Gasteiger partial charge >= 0.3 is 0 Å². The van der Waals surface area contributed by atoms with E-state index in [9.17, 15) is 0 Å². The second kappa shape index (κ2) is 11.0. The third-order valence-corrected chi connectivity index (χ3v) is 11.7. The van der Waals surface area contributed by atoms with Crippen LogP contribution in [0.25, 0.3) is 21.9 Å². The summed E-state index contributed by atoms with van der Waals surface area (Å²) >= 11 is 0. The van der Waals surface area contributed by atoms with E-state index < -0.39 is 0 Å². The number of fused-ring (bicyclic) bond motifs is 5. The standard InChI is InChI=1S/C49H49BN2/c1-30-27-41-45-42(28-30)52(36-24-19-33(20-25-36)48(5,6)7)46-38-16-12-14-31-13-11-15-37(43(31)38)44(46)50(45)39-26-21-34(49(8,9)10)29-40(39)51(41)35-22-17-32(18-23-35)47(2,3)4/h11-29H,1-10H3. The molecule has 2 aliphatic heterocycles. The van der Waals surface area contributed by atoms with Crippen LogP contribution in [0.3, 0.4) is 0 Å². The van der Waals surface area contributed by atoms with E-state index in [2.05, 4.69) is 194 Å². The molecule has 9 rings (SSSR count). The van der Waals surface area contributed by atoms with Gasteiger partial charge in [0, 0.05) is 39.7 Å². The van der Waals surface area contributed by atoms with E-state index in [1.54, 1.807) is 0 Å². The molecule has 1 aliphatic carbocycles. The largest absolute Gasteiger partial charge is 0.311 e. The fraction of sp³-hybridized carbons (Fsp3) is 0.265. The molecular weight excluding hydrogens is 627 g/mol. The first-order valence-electron chi connectivity index (χ1n) is 19.0. The Balaban J connectivity index is 1.39. The first-order chi connectivity index (χ1) is 24.6. The molecule has 3 heteroatoms. The fourth-order valence-electron chi connectivity index (χ4n) is 8.91. The topological polar surface area (TPSA) is 6.48 Å². The van der Waals surface area contributed by atoms with Crippen LogP contribution >= 0.6 is 0 Å². The van der Waals surface area contributed by atoms with E-state index >= 15 is 0 Å². The van der Waals surface area contributed by atoms with Gasteiger partial charge in [0.25, 0.3) is 6.71 Å². The Bertz CT molecular complexity index is 2460. The van der Waals surface area contributed by atoms with Gasteiger partial charge in [-0.05, 0) is 121 Å². The lowest BCUT2D eigenvalue weighted by Gasteiger charge is -2.45. The molecule has 2 heterocycles. The number of benzene rings is 6. The molecule has 0 fully saturated rings. The molecule has 258 valence electrons. The zero-order valence-electron chi connectivity index (χ0n) is 32.4. The maximum atomic E-state index is 2.59. The summed E-state index contributed by atoms with van der Waals surface area (Å²) in [5, 5.41) is 2.66. The molecule has 3 aliphatic rings. The van der Waals surface area contributed by atoms with Crippen LogP contribution in [-0.2, 0) is 16.2 Å². The summed E-state index contributed by atoms with van der Waals surface area (Å²) in [7, 11) is 0. The van der Waals surface area contributed by atoms with Crippen molar-refractivity contribution in [2.24, 2.45) is 0 Å². The van der Waals surface area contributed by atoms with Crippen molar-refractivity contribution in [2.45, 2.75) is 85.5 Å². The first-order valence-corrected chi connectivity index (χ1v) is 19.0. The molecule has 0 amide bonds. The number of hydrogen-bond acceptors (Lipinski definition) is 2. The van der Waals surface area contributed by atoms with E-state index in [1.807, 2.05) is 0 Å². The average Bonchev–Trinajstić information content (AvgIpc) is 3.42. The summed E-state index contributed by atoms with van der Waals surface area (Å²) in [4.78, 5) is 5.16. The van der Waals surface area contributed by atoms with Crippen molar-refractivity contribution in [3.63, 3.8) is 0 Å². The Morgan fingerprint density at radius 3 is 1.54 bits per heavy atom. The van der Waals surface area contributed by atoms with Crippen molar-refractivity contribution in [3.05, 3.63) is 149 Å². The Labute approximate surface area is 310 Å². The summed E-state index contributed by atoms with van der Waals surface area (Å²) < 4.78 is 0. The van der Waals surface area contributed by atoms with E-state index in [0.717, 1.165) is 0 Å². The van der Waals surface area contributed by atoms with Crippen molar-refractivity contribution >= 4 is 68.0 Å². The fourth-order valence-corrected chi connectivity index (χ4v) is 8.91. The minimum atomic E-state index is 0.0109. The second-order valence-corrected chi connectivity index (χ2v) is 18.4. The lowest BCUT2D eigenvalue weighted by molar-refractivity contribution is 0.590. The van der Waals surface area contributed by atoms with Crippen molar-refractivity contribution in [2.75, 3.05) is 9.80 Å². The maximum absolute atomic E-state index is 2.59. The monoisotopic (exact) mass is 676 g/mol. The maximum Gasteiger partial charge on any atom is 0.252 e. The molecule has 0 unspecified atom stereocenters. The second-order valence-electron chi connectivity index (χ2n) is 18.4. The van der Waals surface area contributed by atoms with Gasteiger partial charge in [0.05, 0.1) is 0 Å². The van der Waals surface area contributed by atoms with Crippen LogP contribution < -0.4 is 20.7 Å². The van der Waals surface area contributed by atoms with Crippen LogP contribution in [0, 0.1) is 6.92 Å². The quantitative estimate of drug-likeness (QED) is 0.168. The number of anilines is 5. The van der Waals surface area contributed by atoms with Crippen LogP contribution in [0.5, 0.6) is 0 Å². The van der Waals surface area contributed by atoms with E-state index in [4.69, 9.17) is 0 Å². The van der Waals surface area contributed by atoms with E-state index in [0.29, 0.717) is 0 Å². The SMILES string of the molecule is Cc1cc2c3c(c1)N(c1ccc(C(C)(C)C)cc1)c1cc(C(C)(C)C)ccc1B3C1=C(c3cccc4cccc1c34)N2c1ccc(C(C)(C)C)cc1. The van der Waals surface area contributed by atoms with Gasteiger partial charge in [-0.3, -0.25) is 0 Å². The van der Waals surface area contributed by atoms with Gasteiger partial charge in [0.2, 0.25) is 0 Å². The van der Waals surface area contributed by atoms with Crippen LogP contribution in [0.4, 0.5) is 28.4 Å². The summed E-state index contributed by atoms with van der Waals surface area (Å²) in [5.74, 6) is 0. The third kappa shape index (κ3) is 4.85. The number of nitrogens with zero attached hydrogens (tertiary/aromatic N) is 2. The highest BCUT2D eigenvalue weighted by molar-refractivity contribution is 7.05. The third-order valence-electron chi connectivity index (χ3n) is 11.7. The summed E-state index contributed by atoms with van der Waals surface area (Å²) in [6.07, 6.45) is 0. The smallest absolute Gasteiger partial charge is 0.252 e. The number of aryl methyl sites for hydroxylation is 1. The molecule has 6 aromatic carbocycles. The lowest BCUT2D eigenvalue weighted by Crippen LogP contribution is -2.55. The molecule has 0 saturated heterocycles. The predicted octanol–water partition coefficient (Wildman–Crippen LogP) is 12.0. The minimum Gasteiger partial charge on any atom is -0.311 e. The number of hydrogen-bond donors (Lipinski definition) is 0. The molecular formula is C49H49BN2. The molecule has 2 nitrogen and oxygen atoms in total. The van der Waals surface area contributed by atoms with Crippen LogP contribution in [-0.4, -0.2) is 6.71 Å². The molecule has 0 N–H and O–H groups in total. The van der Waals surface area contributed by atoms with E-state index in [1.165, 1.54) is 94.7 Å². The van der Waals surface area contributed by atoms with Crippen molar-refractivity contribution < 1.29 is 0 Å². The predicted molar refractivity (Wildman–Crippen MR) is 226 cm³/mol. The molecule has 6 aromatic rings. The zero-order valence-corrected chi connectivity index (χ0v) is 32.4. The molecule has 0 aromatic heterocycles. The highest BCUT2D eigenvalue weighted by Gasteiger charge is 2.48. The Morgan fingerprint density at radius 2 is 0.981 bits per heavy atom. The van der Waals surface area contributed by atoms with Gasteiger partial charge in [-0.15, -0.1) is 0 Å². The summed E-state index contributed by atoms with van der Waals surface area (Å²) in [6, 6.07) is 44.6. The summed E-state index contributed by atoms with van der Waals surface area (Å²) in [5.41, 5.74) is 19.8. The van der Waals surface area contributed by atoms with Crippen molar-refractivity contribution in [1.29, 1.82) is 0 Å². The first kappa shape index (κ1) is 32.9. The van der Waals surface area contributed by atoms with Crippen molar-refractivity contribution in [3.8, 4) is 0 Å². The number of rotatable bonds is 2. The van der Waals surface area contributed by atoms with Gasteiger partial charge in [-0.1, -0.05) is 135 Å². The normalized spacial score (nSPS) is 14.9. The molecule has 0 spiro atoms. The highest BCUT2D eigenvalue weighted by Crippen LogP contribution is 2.54. The summed E-state index contributed by atoms with van der Waals surface area (Å²) in [6.45, 7) is 23.1. The van der Waals surface area contributed by atoms with Crippen molar-refractivity contribution in [1.82, 2.24) is 0 Å². The lowest BCUT2D eigenvalue weighted by atomic mass is 9.32. The van der Waals surface area contributed by atoms with Gasteiger partial charge in [0.15, 0.2) is 0 Å².